The van der Waals surface area contributed by atoms with E-state index in [1.165, 1.54) is 12.8 Å². The molecule has 10 heavy (non-hydrogen) atoms. The zero-order valence-corrected chi connectivity index (χ0v) is 6.94. The van der Waals surface area contributed by atoms with Gasteiger partial charge >= 0.3 is 0 Å². The molecule has 0 atom stereocenters. The molecule has 1 aliphatic rings. The Bertz CT molecular complexity index is 91.9. The third kappa shape index (κ3) is 1.96. The molecule has 1 aliphatic heterocycles. The Labute approximate surface area is 63.0 Å². The van der Waals surface area contributed by atoms with E-state index in [0.29, 0.717) is 5.41 Å². The van der Waals surface area contributed by atoms with Crippen LogP contribution in [0.3, 0.4) is 0 Å². The molecular weight excluding hydrogens is 126 g/mol. The van der Waals surface area contributed by atoms with Crippen LogP contribution in [0.2, 0.25) is 0 Å². The fourth-order valence-corrected chi connectivity index (χ4v) is 1.47. The van der Waals surface area contributed by atoms with Crippen LogP contribution in [0.15, 0.2) is 0 Å². The maximum atomic E-state index is 5.28. The van der Waals surface area contributed by atoms with Gasteiger partial charge in [0.05, 0.1) is 0 Å². The maximum absolute atomic E-state index is 5.28. The molecule has 0 bridgehead atoms. The summed E-state index contributed by atoms with van der Waals surface area (Å²) in [4.78, 5) is 0. The fourth-order valence-electron chi connectivity index (χ4n) is 1.47. The molecule has 1 saturated heterocycles. The lowest BCUT2D eigenvalue weighted by molar-refractivity contribution is 0.0250. The van der Waals surface area contributed by atoms with Crippen molar-refractivity contribution < 1.29 is 4.74 Å². The average Bonchev–Trinajstić information content (AvgIpc) is 1.89. The molecule has 0 aromatic heterocycles. The van der Waals surface area contributed by atoms with E-state index in [1.807, 2.05) is 7.05 Å². The summed E-state index contributed by atoms with van der Waals surface area (Å²) < 4.78 is 5.28. The lowest BCUT2D eigenvalue weighted by atomic mass is 9.82. The van der Waals surface area contributed by atoms with Gasteiger partial charge in [0.25, 0.3) is 0 Å². The van der Waals surface area contributed by atoms with E-state index in [9.17, 15) is 0 Å². The van der Waals surface area contributed by atoms with Gasteiger partial charge in [-0.1, -0.05) is 6.92 Å². The molecule has 0 aromatic carbocycles. The topological polar surface area (TPSA) is 21.3 Å². The van der Waals surface area contributed by atoms with E-state index in [1.54, 1.807) is 0 Å². The van der Waals surface area contributed by atoms with Crippen molar-refractivity contribution in [1.82, 2.24) is 5.32 Å². The first-order valence-corrected chi connectivity index (χ1v) is 3.99. The van der Waals surface area contributed by atoms with Crippen LogP contribution in [-0.2, 0) is 4.74 Å². The Kier molecular flexibility index (Phi) is 2.69. The van der Waals surface area contributed by atoms with Crippen LogP contribution in [0.4, 0.5) is 0 Å². The summed E-state index contributed by atoms with van der Waals surface area (Å²) in [5.74, 6) is 0. The number of ether oxygens (including phenoxy) is 1. The van der Waals surface area contributed by atoms with Gasteiger partial charge in [-0.2, -0.15) is 0 Å². The van der Waals surface area contributed by atoms with Gasteiger partial charge < -0.3 is 10.1 Å². The smallest absolute Gasteiger partial charge is 0.0471 e. The number of rotatable bonds is 2. The summed E-state index contributed by atoms with van der Waals surface area (Å²) in [5.41, 5.74) is 0.493. The summed E-state index contributed by atoms with van der Waals surface area (Å²) in [6.07, 6.45) is 2.40. The van der Waals surface area contributed by atoms with Gasteiger partial charge in [-0.3, -0.25) is 0 Å². The molecule has 0 unspecified atom stereocenters. The molecule has 2 nitrogen and oxygen atoms in total. The van der Waals surface area contributed by atoms with Crippen molar-refractivity contribution in [3.63, 3.8) is 0 Å². The SMILES string of the molecule is CNCC1(C)CCOCC1. The lowest BCUT2D eigenvalue weighted by Crippen LogP contribution is -2.35. The van der Waals surface area contributed by atoms with Crippen molar-refractivity contribution in [2.24, 2.45) is 5.41 Å². The highest BCUT2D eigenvalue weighted by molar-refractivity contribution is 4.78. The number of hydrogen-bond acceptors (Lipinski definition) is 2. The summed E-state index contributed by atoms with van der Waals surface area (Å²) in [5, 5.41) is 3.22. The maximum Gasteiger partial charge on any atom is 0.0471 e. The van der Waals surface area contributed by atoms with E-state index in [2.05, 4.69) is 12.2 Å². The normalized spacial score (nSPS) is 24.6. The first kappa shape index (κ1) is 8.02. The monoisotopic (exact) mass is 143 g/mol. The van der Waals surface area contributed by atoms with Crippen LogP contribution in [-0.4, -0.2) is 26.8 Å². The molecule has 60 valence electrons. The van der Waals surface area contributed by atoms with Crippen LogP contribution < -0.4 is 5.32 Å². The molecular formula is C8H17NO. The van der Waals surface area contributed by atoms with E-state index in [4.69, 9.17) is 4.74 Å². The minimum atomic E-state index is 0.493. The Hall–Kier alpha value is -0.0800. The minimum Gasteiger partial charge on any atom is -0.381 e. The molecule has 0 amide bonds. The Morgan fingerprint density at radius 1 is 1.40 bits per heavy atom. The van der Waals surface area contributed by atoms with Crippen molar-refractivity contribution in [3.05, 3.63) is 0 Å². The highest BCUT2D eigenvalue weighted by atomic mass is 16.5. The minimum absolute atomic E-state index is 0.493. The molecule has 0 aliphatic carbocycles. The highest BCUT2D eigenvalue weighted by Crippen LogP contribution is 2.28. The summed E-state index contributed by atoms with van der Waals surface area (Å²) in [7, 11) is 2.01. The predicted molar refractivity (Wildman–Crippen MR) is 42.1 cm³/mol. The van der Waals surface area contributed by atoms with E-state index in [-0.39, 0.29) is 0 Å². The lowest BCUT2D eigenvalue weighted by Gasteiger charge is -2.33. The van der Waals surface area contributed by atoms with Gasteiger partial charge in [-0.15, -0.1) is 0 Å². The van der Waals surface area contributed by atoms with Crippen LogP contribution in [0, 0.1) is 5.41 Å². The van der Waals surface area contributed by atoms with Crippen molar-refractivity contribution >= 4 is 0 Å². The van der Waals surface area contributed by atoms with Crippen molar-refractivity contribution in [1.29, 1.82) is 0 Å². The van der Waals surface area contributed by atoms with Crippen molar-refractivity contribution in [2.45, 2.75) is 19.8 Å². The van der Waals surface area contributed by atoms with Crippen LogP contribution in [0.5, 0.6) is 0 Å². The average molecular weight is 143 g/mol. The van der Waals surface area contributed by atoms with Gasteiger partial charge in [-0.25, -0.2) is 0 Å². The fraction of sp³-hybridized carbons (Fsp3) is 1.00. The third-order valence-electron chi connectivity index (χ3n) is 2.30. The zero-order valence-electron chi connectivity index (χ0n) is 6.94. The summed E-state index contributed by atoms with van der Waals surface area (Å²) in [6.45, 7) is 5.33. The molecule has 0 spiro atoms. The van der Waals surface area contributed by atoms with Crippen LogP contribution in [0.1, 0.15) is 19.8 Å². The zero-order chi connectivity index (χ0) is 7.45. The van der Waals surface area contributed by atoms with Crippen molar-refractivity contribution in [2.75, 3.05) is 26.8 Å². The van der Waals surface area contributed by atoms with E-state index < -0.39 is 0 Å². The second-order valence-corrected chi connectivity index (χ2v) is 3.45. The third-order valence-corrected chi connectivity index (χ3v) is 2.30. The Morgan fingerprint density at radius 3 is 2.50 bits per heavy atom. The van der Waals surface area contributed by atoms with Crippen molar-refractivity contribution in [3.8, 4) is 0 Å². The van der Waals surface area contributed by atoms with Gasteiger partial charge in [0.1, 0.15) is 0 Å². The first-order valence-electron chi connectivity index (χ1n) is 3.99. The van der Waals surface area contributed by atoms with Gasteiger partial charge in [0.2, 0.25) is 0 Å². The Morgan fingerprint density at radius 2 is 2.00 bits per heavy atom. The summed E-state index contributed by atoms with van der Waals surface area (Å²) >= 11 is 0. The van der Waals surface area contributed by atoms with Gasteiger partial charge in [0.15, 0.2) is 0 Å². The quantitative estimate of drug-likeness (QED) is 0.623. The van der Waals surface area contributed by atoms with Crippen LogP contribution >= 0.6 is 0 Å². The van der Waals surface area contributed by atoms with Crippen LogP contribution in [0.25, 0.3) is 0 Å². The Balaban J connectivity index is 2.32. The molecule has 0 radical (unpaired) electrons. The van der Waals surface area contributed by atoms with Gasteiger partial charge in [-0.05, 0) is 25.3 Å². The van der Waals surface area contributed by atoms with Gasteiger partial charge in [0, 0.05) is 19.8 Å². The standard InChI is InChI=1S/C8H17NO/c1-8(7-9-2)3-5-10-6-4-8/h9H,3-7H2,1-2H3. The first-order chi connectivity index (χ1) is 4.77. The predicted octanol–water partition coefficient (Wildman–Crippen LogP) is 1.02. The second-order valence-electron chi connectivity index (χ2n) is 3.45. The summed E-state index contributed by atoms with van der Waals surface area (Å²) in [6, 6.07) is 0. The molecule has 1 heterocycles. The molecule has 1 fully saturated rings. The highest BCUT2D eigenvalue weighted by Gasteiger charge is 2.25. The molecule has 1 rings (SSSR count). The molecule has 0 aromatic rings. The largest absolute Gasteiger partial charge is 0.381 e. The second kappa shape index (κ2) is 3.35. The molecule has 0 saturated carbocycles. The van der Waals surface area contributed by atoms with E-state index >= 15 is 0 Å². The molecule has 1 N–H and O–H groups in total. The number of hydrogen-bond donors (Lipinski definition) is 1. The molecule has 2 heteroatoms. The van der Waals surface area contributed by atoms with E-state index in [0.717, 1.165) is 19.8 Å². The number of nitrogens with one attached hydrogen (secondary N) is 1.